The lowest BCUT2D eigenvalue weighted by molar-refractivity contribution is 0.752. The van der Waals surface area contributed by atoms with Crippen LogP contribution in [-0.4, -0.2) is 14.3 Å². The summed E-state index contributed by atoms with van der Waals surface area (Å²) in [6, 6.07) is 13.7. The van der Waals surface area contributed by atoms with Gasteiger partial charge in [-0.1, -0.05) is 12.1 Å². The van der Waals surface area contributed by atoms with Crippen molar-refractivity contribution in [1.29, 1.82) is 5.26 Å². The summed E-state index contributed by atoms with van der Waals surface area (Å²) in [5.41, 5.74) is 4.70. The molecule has 2 heterocycles. The summed E-state index contributed by atoms with van der Waals surface area (Å²) in [6.45, 7) is 6.19. The molecule has 0 spiro atoms. The molecule has 0 bridgehead atoms. The molecule has 0 radical (unpaired) electrons. The molecule has 0 saturated heterocycles. The van der Waals surface area contributed by atoms with Crippen LogP contribution in [0, 0.1) is 32.1 Å². The van der Waals surface area contributed by atoms with Gasteiger partial charge in [-0.2, -0.15) is 10.4 Å². The quantitative estimate of drug-likeness (QED) is 0.746. The summed E-state index contributed by atoms with van der Waals surface area (Å²) < 4.78 is 3.45. The van der Waals surface area contributed by atoms with Gasteiger partial charge in [-0.05, 0) is 56.2 Å². The Labute approximate surface area is 140 Å². The van der Waals surface area contributed by atoms with Crippen LogP contribution < -0.4 is 5.56 Å². The van der Waals surface area contributed by atoms with E-state index in [-0.39, 0.29) is 11.1 Å². The first-order valence-electron chi connectivity index (χ1n) is 7.72. The van der Waals surface area contributed by atoms with E-state index in [0.29, 0.717) is 12.1 Å². The third-order valence-electron chi connectivity index (χ3n) is 4.03. The first-order chi connectivity index (χ1) is 11.5. The average molecular weight is 318 g/mol. The van der Waals surface area contributed by atoms with Crippen LogP contribution in [0.3, 0.4) is 0 Å². The number of nitriles is 1. The molecule has 0 amide bonds. The van der Waals surface area contributed by atoms with E-state index in [9.17, 15) is 4.79 Å². The van der Waals surface area contributed by atoms with Crippen molar-refractivity contribution in [3.63, 3.8) is 0 Å². The number of benzene rings is 1. The number of rotatable bonds is 3. The minimum Gasteiger partial charge on any atom is -0.310 e. The molecular formula is C19H18N4O. The van der Waals surface area contributed by atoms with Gasteiger partial charge in [0.15, 0.2) is 0 Å². The van der Waals surface area contributed by atoms with Gasteiger partial charge in [0, 0.05) is 11.9 Å². The Morgan fingerprint density at radius 1 is 1.12 bits per heavy atom. The van der Waals surface area contributed by atoms with E-state index < -0.39 is 0 Å². The Bertz CT molecular complexity index is 988. The number of nitrogens with zero attached hydrogens (tertiary/aromatic N) is 4. The van der Waals surface area contributed by atoms with Crippen LogP contribution >= 0.6 is 0 Å². The molecule has 0 aliphatic carbocycles. The minimum atomic E-state index is -0.250. The highest BCUT2D eigenvalue weighted by Gasteiger charge is 2.08. The van der Waals surface area contributed by atoms with Crippen molar-refractivity contribution >= 4 is 0 Å². The molecule has 24 heavy (non-hydrogen) atoms. The van der Waals surface area contributed by atoms with E-state index in [2.05, 4.69) is 5.10 Å². The van der Waals surface area contributed by atoms with Crippen LogP contribution in [0.25, 0.3) is 5.69 Å². The zero-order valence-electron chi connectivity index (χ0n) is 13.9. The van der Waals surface area contributed by atoms with Gasteiger partial charge >= 0.3 is 0 Å². The van der Waals surface area contributed by atoms with Crippen molar-refractivity contribution in [2.45, 2.75) is 27.3 Å². The summed E-state index contributed by atoms with van der Waals surface area (Å²) in [5.74, 6) is 0. The molecular weight excluding hydrogens is 300 g/mol. The number of hydrogen-bond acceptors (Lipinski definition) is 3. The van der Waals surface area contributed by atoms with Crippen LogP contribution in [0.2, 0.25) is 0 Å². The van der Waals surface area contributed by atoms with Gasteiger partial charge in [-0.15, -0.1) is 0 Å². The van der Waals surface area contributed by atoms with Crippen molar-refractivity contribution in [3.8, 4) is 11.8 Å². The highest BCUT2D eigenvalue weighted by molar-refractivity contribution is 5.37. The second kappa shape index (κ2) is 6.17. The lowest BCUT2D eigenvalue weighted by atomic mass is 10.1. The standard InChI is InChI=1S/C19H18N4O/c1-13-8-9-22(19(24)18(13)11-20)12-16-4-6-17(7-5-16)23-15(3)10-14(2)21-23/h4-10H,12H2,1-3H3. The maximum atomic E-state index is 12.3. The van der Waals surface area contributed by atoms with E-state index in [0.717, 1.165) is 22.6 Å². The smallest absolute Gasteiger partial charge is 0.269 e. The topological polar surface area (TPSA) is 63.6 Å². The third kappa shape index (κ3) is 2.86. The number of hydrogen-bond donors (Lipinski definition) is 0. The predicted octanol–water partition coefficient (Wildman–Crippen LogP) is 2.88. The second-order valence-electron chi connectivity index (χ2n) is 5.92. The van der Waals surface area contributed by atoms with E-state index in [4.69, 9.17) is 5.26 Å². The fraction of sp³-hybridized carbons (Fsp3) is 0.211. The van der Waals surface area contributed by atoms with Gasteiger partial charge in [0.1, 0.15) is 11.6 Å². The summed E-state index contributed by atoms with van der Waals surface area (Å²) in [7, 11) is 0. The molecule has 0 aliphatic rings. The van der Waals surface area contributed by atoms with Crippen LogP contribution in [0.15, 0.2) is 47.4 Å². The Kier molecular flexibility index (Phi) is 4.05. The highest BCUT2D eigenvalue weighted by atomic mass is 16.1. The molecule has 3 rings (SSSR count). The van der Waals surface area contributed by atoms with E-state index >= 15 is 0 Å². The Morgan fingerprint density at radius 3 is 2.42 bits per heavy atom. The molecule has 0 atom stereocenters. The van der Waals surface area contributed by atoms with Gasteiger partial charge in [0.25, 0.3) is 5.56 Å². The van der Waals surface area contributed by atoms with E-state index in [1.54, 1.807) is 23.8 Å². The molecule has 1 aromatic carbocycles. The van der Waals surface area contributed by atoms with Crippen molar-refractivity contribution in [3.05, 3.63) is 81.0 Å². The van der Waals surface area contributed by atoms with Crippen LogP contribution in [-0.2, 0) is 6.54 Å². The molecule has 0 unspecified atom stereocenters. The Morgan fingerprint density at radius 2 is 1.83 bits per heavy atom. The molecule has 0 aliphatic heterocycles. The molecule has 0 N–H and O–H groups in total. The van der Waals surface area contributed by atoms with Gasteiger partial charge in [0.2, 0.25) is 0 Å². The monoisotopic (exact) mass is 318 g/mol. The SMILES string of the molecule is Cc1cc(C)n(-c2ccc(Cn3ccc(C)c(C#N)c3=O)cc2)n1. The first kappa shape index (κ1) is 15.8. The fourth-order valence-electron chi connectivity index (χ4n) is 2.76. The third-order valence-corrected chi connectivity index (χ3v) is 4.03. The highest BCUT2D eigenvalue weighted by Crippen LogP contribution is 2.13. The normalized spacial score (nSPS) is 10.6. The van der Waals surface area contributed by atoms with Crippen LogP contribution in [0.4, 0.5) is 0 Å². The van der Waals surface area contributed by atoms with Gasteiger partial charge in [0.05, 0.1) is 17.9 Å². The Balaban J connectivity index is 1.89. The summed E-state index contributed by atoms with van der Waals surface area (Å²) >= 11 is 0. The average Bonchev–Trinajstić information content (AvgIpc) is 2.90. The molecule has 0 fully saturated rings. The molecule has 5 nitrogen and oxygen atoms in total. The second-order valence-corrected chi connectivity index (χ2v) is 5.92. The summed E-state index contributed by atoms with van der Waals surface area (Å²) in [6.07, 6.45) is 1.73. The minimum absolute atomic E-state index is 0.205. The maximum absolute atomic E-state index is 12.3. The zero-order valence-corrected chi connectivity index (χ0v) is 13.9. The largest absolute Gasteiger partial charge is 0.310 e. The molecule has 0 saturated carbocycles. The van der Waals surface area contributed by atoms with Crippen molar-refractivity contribution < 1.29 is 0 Å². The summed E-state index contributed by atoms with van der Waals surface area (Å²) in [4.78, 5) is 12.3. The summed E-state index contributed by atoms with van der Waals surface area (Å²) in [5, 5.41) is 13.6. The predicted molar refractivity (Wildman–Crippen MR) is 92.3 cm³/mol. The van der Waals surface area contributed by atoms with Gasteiger partial charge in [-0.3, -0.25) is 4.79 Å². The molecule has 2 aromatic heterocycles. The van der Waals surface area contributed by atoms with Crippen molar-refractivity contribution in [2.75, 3.05) is 0 Å². The van der Waals surface area contributed by atoms with Gasteiger partial charge < -0.3 is 4.57 Å². The van der Waals surface area contributed by atoms with Crippen LogP contribution in [0.5, 0.6) is 0 Å². The van der Waals surface area contributed by atoms with Crippen molar-refractivity contribution in [2.24, 2.45) is 0 Å². The number of pyridine rings is 1. The Hall–Kier alpha value is -3.13. The van der Waals surface area contributed by atoms with Crippen LogP contribution in [0.1, 0.15) is 28.1 Å². The number of aromatic nitrogens is 3. The lowest BCUT2D eigenvalue weighted by Crippen LogP contribution is -2.23. The molecule has 120 valence electrons. The fourth-order valence-corrected chi connectivity index (χ4v) is 2.76. The van der Waals surface area contributed by atoms with Gasteiger partial charge in [-0.25, -0.2) is 4.68 Å². The number of aryl methyl sites for hydroxylation is 3. The van der Waals surface area contributed by atoms with E-state index in [1.807, 2.05) is 54.9 Å². The van der Waals surface area contributed by atoms with E-state index in [1.165, 1.54) is 0 Å². The first-order valence-corrected chi connectivity index (χ1v) is 7.72. The van der Waals surface area contributed by atoms with Crippen molar-refractivity contribution in [1.82, 2.24) is 14.3 Å². The molecule has 5 heteroatoms. The zero-order chi connectivity index (χ0) is 17.3. The maximum Gasteiger partial charge on any atom is 0.269 e. The lowest BCUT2D eigenvalue weighted by Gasteiger charge is -2.09. The molecule has 3 aromatic rings.